The summed E-state index contributed by atoms with van der Waals surface area (Å²) >= 11 is 0. The highest BCUT2D eigenvalue weighted by molar-refractivity contribution is 5.98. The standard InChI is InChI=1S/C28H34N4O2/c1-4-18-31(28(34)23-12-8-9-13-23)19-25(33)29-27-26(22-10-6-5-7-11-22)21(3)30-32(27)24-16-14-20(2)15-17-24/h5-7,10-11,14-17,23H,4,8-9,12-13,18-19H2,1-3H3,(H,29,33). The molecule has 6 heteroatoms. The predicted molar refractivity (Wildman–Crippen MR) is 136 cm³/mol. The fourth-order valence-electron chi connectivity index (χ4n) is 4.78. The van der Waals surface area contributed by atoms with Crippen LogP contribution < -0.4 is 5.32 Å². The summed E-state index contributed by atoms with van der Waals surface area (Å²) in [4.78, 5) is 28.1. The fourth-order valence-corrected chi connectivity index (χ4v) is 4.78. The highest BCUT2D eigenvalue weighted by atomic mass is 16.2. The van der Waals surface area contributed by atoms with Crippen LogP contribution in [0.5, 0.6) is 0 Å². The van der Waals surface area contributed by atoms with Crippen molar-refractivity contribution in [1.82, 2.24) is 14.7 Å². The van der Waals surface area contributed by atoms with Crippen LogP contribution in [0.3, 0.4) is 0 Å². The molecular formula is C28H34N4O2. The molecule has 178 valence electrons. The van der Waals surface area contributed by atoms with Gasteiger partial charge >= 0.3 is 0 Å². The SMILES string of the molecule is CCCN(CC(=O)Nc1c(-c2ccccc2)c(C)nn1-c1ccc(C)cc1)C(=O)C1CCCC1. The summed E-state index contributed by atoms with van der Waals surface area (Å²) in [6, 6.07) is 18.0. The van der Waals surface area contributed by atoms with Gasteiger partial charge in [-0.1, -0.05) is 67.8 Å². The average molecular weight is 459 g/mol. The normalized spacial score (nSPS) is 13.7. The van der Waals surface area contributed by atoms with Gasteiger partial charge < -0.3 is 10.2 Å². The molecule has 1 fully saturated rings. The zero-order chi connectivity index (χ0) is 24.1. The minimum atomic E-state index is -0.203. The van der Waals surface area contributed by atoms with Crippen LogP contribution >= 0.6 is 0 Å². The summed E-state index contributed by atoms with van der Waals surface area (Å²) < 4.78 is 1.79. The van der Waals surface area contributed by atoms with Gasteiger partial charge in [0.1, 0.15) is 5.82 Å². The van der Waals surface area contributed by atoms with E-state index in [1.54, 1.807) is 9.58 Å². The van der Waals surface area contributed by atoms with Gasteiger partial charge in [-0.2, -0.15) is 5.10 Å². The van der Waals surface area contributed by atoms with Crippen molar-refractivity contribution in [1.29, 1.82) is 0 Å². The third-order valence-electron chi connectivity index (χ3n) is 6.50. The van der Waals surface area contributed by atoms with E-state index in [1.807, 2.05) is 75.4 Å². The Hall–Kier alpha value is -3.41. The molecule has 4 rings (SSSR count). The molecule has 3 aromatic rings. The second-order valence-electron chi connectivity index (χ2n) is 9.21. The first-order valence-electron chi connectivity index (χ1n) is 12.3. The van der Waals surface area contributed by atoms with Gasteiger partial charge in [-0.25, -0.2) is 4.68 Å². The van der Waals surface area contributed by atoms with Crippen molar-refractivity contribution in [2.24, 2.45) is 5.92 Å². The lowest BCUT2D eigenvalue weighted by molar-refractivity contribution is -0.138. The molecular weight excluding hydrogens is 424 g/mol. The van der Waals surface area contributed by atoms with Crippen molar-refractivity contribution in [3.63, 3.8) is 0 Å². The van der Waals surface area contributed by atoms with E-state index in [4.69, 9.17) is 5.10 Å². The number of nitrogens with one attached hydrogen (secondary N) is 1. The predicted octanol–water partition coefficient (Wildman–Crippen LogP) is 5.52. The van der Waals surface area contributed by atoms with Crippen molar-refractivity contribution < 1.29 is 9.59 Å². The van der Waals surface area contributed by atoms with E-state index >= 15 is 0 Å². The first-order valence-corrected chi connectivity index (χ1v) is 12.3. The minimum Gasteiger partial charge on any atom is -0.333 e. The number of rotatable bonds is 8. The first kappa shape index (κ1) is 23.7. The molecule has 0 atom stereocenters. The summed E-state index contributed by atoms with van der Waals surface area (Å²) in [6.45, 7) is 6.67. The maximum absolute atomic E-state index is 13.3. The molecule has 1 aromatic heterocycles. The van der Waals surface area contributed by atoms with Gasteiger partial charge in [-0.15, -0.1) is 0 Å². The van der Waals surface area contributed by atoms with E-state index in [1.165, 1.54) is 0 Å². The van der Waals surface area contributed by atoms with E-state index in [0.717, 1.165) is 60.2 Å². The first-order chi connectivity index (χ1) is 16.5. The van der Waals surface area contributed by atoms with Crippen molar-refractivity contribution in [3.05, 3.63) is 65.9 Å². The third kappa shape index (κ3) is 5.22. The maximum Gasteiger partial charge on any atom is 0.245 e. The third-order valence-corrected chi connectivity index (χ3v) is 6.50. The van der Waals surface area contributed by atoms with Crippen LogP contribution in [0.15, 0.2) is 54.6 Å². The Labute approximate surface area is 202 Å². The topological polar surface area (TPSA) is 67.2 Å². The lowest BCUT2D eigenvalue weighted by atomic mass is 10.1. The molecule has 0 aliphatic heterocycles. The van der Waals surface area contributed by atoms with Gasteiger partial charge in [-0.3, -0.25) is 9.59 Å². The second kappa shape index (κ2) is 10.7. The number of aryl methyl sites for hydroxylation is 2. The van der Waals surface area contributed by atoms with Crippen LogP contribution in [0.25, 0.3) is 16.8 Å². The highest BCUT2D eigenvalue weighted by Crippen LogP contribution is 2.33. The molecule has 1 aliphatic carbocycles. The number of hydrogen-bond donors (Lipinski definition) is 1. The Kier molecular flexibility index (Phi) is 7.46. The van der Waals surface area contributed by atoms with Gasteiger partial charge in [0, 0.05) is 18.0 Å². The molecule has 34 heavy (non-hydrogen) atoms. The quantitative estimate of drug-likeness (QED) is 0.483. The van der Waals surface area contributed by atoms with Crippen LogP contribution in [0.1, 0.15) is 50.3 Å². The summed E-state index contributed by atoms with van der Waals surface area (Å²) in [5.41, 5.74) is 4.73. The van der Waals surface area contributed by atoms with Crippen LogP contribution in [-0.2, 0) is 9.59 Å². The van der Waals surface area contributed by atoms with Gasteiger partial charge in [0.2, 0.25) is 11.8 Å². The van der Waals surface area contributed by atoms with Gasteiger partial charge in [0.15, 0.2) is 0 Å². The Bertz CT molecular complexity index is 1130. The number of hydrogen-bond acceptors (Lipinski definition) is 3. The Balaban J connectivity index is 1.65. The van der Waals surface area contributed by atoms with E-state index in [0.29, 0.717) is 12.4 Å². The lowest BCUT2D eigenvalue weighted by Gasteiger charge is -2.25. The molecule has 1 heterocycles. The molecule has 0 radical (unpaired) electrons. The molecule has 0 saturated heterocycles. The Morgan fingerprint density at radius 2 is 1.71 bits per heavy atom. The fraction of sp³-hybridized carbons (Fsp3) is 0.393. The number of amides is 2. The van der Waals surface area contributed by atoms with E-state index in [-0.39, 0.29) is 24.3 Å². The van der Waals surface area contributed by atoms with Crippen LogP contribution in [0, 0.1) is 19.8 Å². The van der Waals surface area contributed by atoms with Crippen LogP contribution in [0.2, 0.25) is 0 Å². The molecule has 1 saturated carbocycles. The maximum atomic E-state index is 13.3. The molecule has 2 amide bonds. The van der Waals surface area contributed by atoms with E-state index in [2.05, 4.69) is 5.32 Å². The summed E-state index contributed by atoms with van der Waals surface area (Å²) in [6.07, 6.45) is 4.87. The van der Waals surface area contributed by atoms with Gasteiger partial charge in [0.05, 0.1) is 17.9 Å². The highest BCUT2D eigenvalue weighted by Gasteiger charge is 2.29. The molecule has 0 bridgehead atoms. The summed E-state index contributed by atoms with van der Waals surface area (Å²) in [7, 11) is 0. The Morgan fingerprint density at radius 3 is 2.35 bits per heavy atom. The van der Waals surface area contributed by atoms with Crippen LogP contribution in [0.4, 0.5) is 5.82 Å². The smallest absolute Gasteiger partial charge is 0.245 e. The number of carbonyl (C=O) groups is 2. The Morgan fingerprint density at radius 1 is 1.03 bits per heavy atom. The van der Waals surface area contributed by atoms with E-state index < -0.39 is 0 Å². The summed E-state index contributed by atoms with van der Waals surface area (Å²) in [5, 5.41) is 7.89. The van der Waals surface area contributed by atoms with Gasteiger partial charge in [0.25, 0.3) is 0 Å². The van der Waals surface area contributed by atoms with Gasteiger partial charge in [-0.05, 0) is 50.8 Å². The average Bonchev–Trinajstić information content (AvgIpc) is 3.48. The van der Waals surface area contributed by atoms with Crippen molar-refractivity contribution in [2.45, 2.75) is 52.9 Å². The zero-order valence-corrected chi connectivity index (χ0v) is 20.4. The molecule has 1 aliphatic rings. The lowest BCUT2D eigenvalue weighted by Crippen LogP contribution is -2.41. The van der Waals surface area contributed by atoms with Crippen molar-refractivity contribution in [3.8, 4) is 16.8 Å². The largest absolute Gasteiger partial charge is 0.333 e. The number of benzene rings is 2. The number of nitrogens with zero attached hydrogens (tertiary/aromatic N) is 3. The molecule has 2 aromatic carbocycles. The van der Waals surface area contributed by atoms with Crippen LogP contribution in [-0.4, -0.2) is 39.6 Å². The van der Waals surface area contributed by atoms with Crippen molar-refractivity contribution >= 4 is 17.6 Å². The monoisotopic (exact) mass is 458 g/mol. The number of carbonyl (C=O) groups excluding carboxylic acids is 2. The number of aromatic nitrogens is 2. The van der Waals surface area contributed by atoms with Crippen molar-refractivity contribution in [2.75, 3.05) is 18.4 Å². The molecule has 6 nitrogen and oxygen atoms in total. The molecule has 0 unspecified atom stereocenters. The van der Waals surface area contributed by atoms with E-state index in [9.17, 15) is 9.59 Å². The molecule has 0 spiro atoms. The second-order valence-corrected chi connectivity index (χ2v) is 9.21. The minimum absolute atomic E-state index is 0.0511. The zero-order valence-electron chi connectivity index (χ0n) is 20.4. The molecule has 1 N–H and O–H groups in total. The summed E-state index contributed by atoms with van der Waals surface area (Å²) in [5.74, 6) is 0.591. The number of anilines is 1.